The van der Waals surface area contributed by atoms with Gasteiger partial charge >= 0.3 is 6.01 Å². The number of amides is 1. The van der Waals surface area contributed by atoms with E-state index in [1.54, 1.807) is 29.2 Å². The number of benzene rings is 2. The number of halogens is 5. The predicted molar refractivity (Wildman–Crippen MR) is 192 cm³/mol. The molecular formula is C38H37ClF4N8O2. The number of alkyl halides is 1. The van der Waals surface area contributed by atoms with E-state index < -0.39 is 41.1 Å². The maximum atomic E-state index is 16.9. The summed E-state index contributed by atoms with van der Waals surface area (Å²) in [6.45, 7) is 2.32. The molecule has 0 bridgehead atoms. The van der Waals surface area contributed by atoms with Crippen LogP contribution in [-0.4, -0.2) is 112 Å². The molecule has 2 aromatic heterocycles. The van der Waals surface area contributed by atoms with E-state index in [1.807, 2.05) is 11.9 Å². The Bertz CT molecular complexity index is 2180. The number of nitriles is 1. The standard InChI is InChI=1S/C38H37ClF4N8O2/c1-48-13-9-24(48)16-29(42)36(52)51-15-14-49(20-25(51)8-11-44)35-27-18-45-33(26-5-2-4-22-6-7-28(41)31(39)30(22)26)32(43)34(27)46-37(47-35)53-21-38-10-3-12-50(38)19-23(40)17-38/h2,4-7,16,18,23-25H,3,8-10,12-15,17,19-21H2,1H3/b29-16-/t23-,24?,25+,38+/m1/s1. The monoisotopic (exact) mass is 748 g/mol. The summed E-state index contributed by atoms with van der Waals surface area (Å²) in [6, 6.07) is 8.94. The first-order chi connectivity index (χ1) is 25.6. The maximum Gasteiger partial charge on any atom is 0.319 e. The van der Waals surface area contributed by atoms with Crippen molar-refractivity contribution in [1.82, 2.24) is 29.7 Å². The van der Waals surface area contributed by atoms with Crippen LogP contribution >= 0.6 is 11.6 Å². The average Bonchev–Trinajstić information content (AvgIpc) is 3.69. The molecule has 4 aromatic rings. The zero-order valence-corrected chi connectivity index (χ0v) is 29.8. The Morgan fingerprint density at radius 2 is 2.00 bits per heavy atom. The molecule has 0 aliphatic carbocycles. The second-order valence-corrected chi connectivity index (χ2v) is 14.8. The highest BCUT2D eigenvalue weighted by molar-refractivity contribution is 6.36. The first kappa shape index (κ1) is 35.4. The van der Waals surface area contributed by atoms with Crippen molar-refractivity contribution in [2.45, 2.75) is 55.9 Å². The molecule has 0 saturated carbocycles. The number of likely N-dealkylation sites (tertiary alicyclic amines) is 1. The van der Waals surface area contributed by atoms with Gasteiger partial charge in [-0.25, -0.2) is 17.6 Å². The predicted octanol–water partition coefficient (Wildman–Crippen LogP) is 6.22. The molecule has 4 saturated heterocycles. The molecule has 15 heteroatoms. The van der Waals surface area contributed by atoms with Gasteiger partial charge < -0.3 is 14.5 Å². The van der Waals surface area contributed by atoms with Crippen LogP contribution in [0.15, 0.2) is 48.4 Å². The Kier molecular flexibility index (Phi) is 9.37. The number of piperazine rings is 1. The van der Waals surface area contributed by atoms with Gasteiger partial charge in [0.05, 0.1) is 34.5 Å². The maximum absolute atomic E-state index is 16.9. The Hall–Kier alpha value is -4.58. The van der Waals surface area contributed by atoms with E-state index in [1.165, 1.54) is 23.2 Å². The van der Waals surface area contributed by atoms with Crippen LogP contribution in [0.3, 0.4) is 0 Å². The SMILES string of the molecule is CN1CCC1/C=C(\F)C(=O)N1CCN(c2nc(OC[C@@]34CCCN3C[C@H](F)C4)nc3c(F)c(-c4cccc5ccc(F)c(Cl)c45)ncc23)C[C@@H]1CC#N. The first-order valence-corrected chi connectivity index (χ1v) is 18.2. The number of rotatable bonds is 8. The van der Waals surface area contributed by atoms with Crippen molar-refractivity contribution in [1.29, 1.82) is 5.26 Å². The molecule has 4 aliphatic rings. The number of anilines is 1. The van der Waals surface area contributed by atoms with Crippen LogP contribution < -0.4 is 9.64 Å². The van der Waals surface area contributed by atoms with Crippen LogP contribution in [0.1, 0.15) is 32.1 Å². The van der Waals surface area contributed by atoms with E-state index in [0.717, 1.165) is 32.4 Å². The Balaban J connectivity index is 1.18. The minimum absolute atomic E-state index is 0.0681. The van der Waals surface area contributed by atoms with Gasteiger partial charge in [0, 0.05) is 62.3 Å². The number of carbonyl (C=O) groups excluding carboxylic acids is 1. The van der Waals surface area contributed by atoms with Gasteiger partial charge in [-0.05, 0) is 50.4 Å². The van der Waals surface area contributed by atoms with E-state index in [2.05, 4.69) is 20.9 Å². The molecule has 276 valence electrons. The Morgan fingerprint density at radius 1 is 1.15 bits per heavy atom. The van der Waals surface area contributed by atoms with Crippen LogP contribution in [0, 0.1) is 23.0 Å². The summed E-state index contributed by atoms with van der Waals surface area (Å²) in [5.41, 5.74) is -0.498. The summed E-state index contributed by atoms with van der Waals surface area (Å²) in [6.07, 6.45) is 4.38. The highest BCUT2D eigenvalue weighted by atomic mass is 35.5. The summed E-state index contributed by atoms with van der Waals surface area (Å²) in [7, 11) is 1.86. The van der Waals surface area contributed by atoms with E-state index in [4.69, 9.17) is 21.3 Å². The topological polar surface area (TPSA) is 102 Å². The molecule has 2 aromatic carbocycles. The molecule has 4 aliphatic heterocycles. The highest BCUT2D eigenvalue weighted by Gasteiger charge is 2.49. The third-order valence-electron chi connectivity index (χ3n) is 11.3. The zero-order valence-electron chi connectivity index (χ0n) is 29.0. The summed E-state index contributed by atoms with van der Waals surface area (Å²) in [4.78, 5) is 34.2. The Morgan fingerprint density at radius 3 is 2.77 bits per heavy atom. The fourth-order valence-corrected chi connectivity index (χ4v) is 8.66. The molecule has 10 nitrogen and oxygen atoms in total. The van der Waals surface area contributed by atoms with E-state index in [-0.39, 0.29) is 77.7 Å². The molecule has 0 radical (unpaired) electrons. The van der Waals surface area contributed by atoms with Gasteiger partial charge in [0.25, 0.3) is 5.91 Å². The van der Waals surface area contributed by atoms with Gasteiger partial charge in [-0.2, -0.15) is 15.2 Å². The van der Waals surface area contributed by atoms with Crippen molar-refractivity contribution < 1.29 is 27.1 Å². The fraction of sp³-hybridized carbons (Fsp3) is 0.447. The van der Waals surface area contributed by atoms with Gasteiger partial charge in [0.2, 0.25) is 0 Å². The number of carbonyl (C=O) groups is 1. The van der Waals surface area contributed by atoms with E-state index >= 15 is 8.78 Å². The summed E-state index contributed by atoms with van der Waals surface area (Å²) < 4.78 is 67.6. The lowest BCUT2D eigenvalue weighted by Crippen LogP contribution is -2.55. The number of fused-ring (bicyclic) bond motifs is 3. The number of likely N-dealkylation sites (N-methyl/N-ethyl adjacent to an activating group) is 1. The summed E-state index contributed by atoms with van der Waals surface area (Å²) in [5, 5.41) is 10.7. The molecule has 53 heavy (non-hydrogen) atoms. The van der Waals surface area contributed by atoms with Crippen molar-refractivity contribution in [2.24, 2.45) is 0 Å². The van der Waals surface area contributed by atoms with E-state index in [0.29, 0.717) is 23.7 Å². The highest BCUT2D eigenvalue weighted by Crippen LogP contribution is 2.42. The van der Waals surface area contributed by atoms with Crippen LogP contribution in [0.2, 0.25) is 5.02 Å². The Labute approximate surface area is 308 Å². The zero-order chi connectivity index (χ0) is 37.0. The average molecular weight is 749 g/mol. The molecule has 0 spiro atoms. The minimum Gasteiger partial charge on any atom is -0.461 e. The minimum atomic E-state index is -0.985. The smallest absolute Gasteiger partial charge is 0.319 e. The van der Waals surface area contributed by atoms with E-state index in [9.17, 15) is 18.8 Å². The van der Waals surface area contributed by atoms with Crippen molar-refractivity contribution in [2.75, 3.05) is 57.8 Å². The van der Waals surface area contributed by atoms with Crippen molar-refractivity contribution in [3.8, 4) is 23.3 Å². The first-order valence-electron chi connectivity index (χ1n) is 17.8. The molecule has 4 fully saturated rings. The van der Waals surface area contributed by atoms with Gasteiger partial charge in [-0.1, -0.05) is 35.9 Å². The van der Waals surface area contributed by atoms with Crippen molar-refractivity contribution >= 4 is 45.0 Å². The van der Waals surface area contributed by atoms with Gasteiger partial charge in [-0.3, -0.25) is 19.6 Å². The normalized spacial score (nSPS) is 25.2. The lowest BCUT2D eigenvalue weighted by atomic mass is 9.95. The lowest BCUT2D eigenvalue weighted by molar-refractivity contribution is -0.131. The van der Waals surface area contributed by atoms with Crippen LogP contribution in [0.25, 0.3) is 32.9 Å². The van der Waals surface area contributed by atoms with Crippen LogP contribution in [0.4, 0.5) is 23.4 Å². The molecule has 6 heterocycles. The summed E-state index contributed by atoms with van der Waals surface area (Å²) >= 11 is 6.41. The molecule has 0 N–H and O–H groups in total. The van der Waals surface area contributed by atoms with Crippen LogP contribution in [0.5, 0.6) is 6.01 Å². The third-order valence-corrected chi connectivity index (χ3v) is 11.7. The fourth-order valence-electron chi connectivity index (χ4n) is 8.39. The summed E-state index contributed by atoms with van der Waals surface area (Å²) in [5.74, 6) is -2.87. The van der Waals surface area contributed by atoms with Gasteiger partial charge in [0.15, 0.2) is 11.6 Å². The molecule has 4 atom stereocenters. The molecular weight excluding hydrogens is 712 g/mol. The van der Waals surface area contributed by atoms with Crippen molar-refractivity contribution in [3.05, 3.63) is 65.1 Å². The lowest BCUT2D eigenvalue weighted by Gasteiger charge is -2.41. The number of ether oxygens (including phenoxy) is 1. The number of hydrogen-bond acceptors (Lipinski definition) is 9. The van der Waals surface area contributed by atoms with Crippen molar-refractivity contribution in [3.63, 3.8) is 0 Å². The molecule has 1 amide bonds. The number of aromatic nitrogens is 3. The number of pyridine rings is 1. The number of hydrogen-bond donors (Lipinski definition) is 0. The number of nitrogens with zero attached hydrogens (tertiary/aromatic N) is 8. The van der Waals surface area contributed by atoms with Gasteiger partial charge in [-0.15, -0.1) is 0 Å². The second kappa shape index (κ2) is 14.0. The van der Waals surface area contributed by atoms with Gasteiger partial charge in [0.1, 0.15) is 35.6 Å². The third kappa shape index (κ3) is 6.32. The molecule has 8 rings (SSSR count). The molecule has 1 unspecified atom stereocenters. The second-order valence-electron chi connectivity index (χ2n) is 14.5. The quantitative estimate of drug-likeness (QED) is 0.154. The largest absolute Gasteiger partial charge is 0.461 e. The van der Waals surface area contributed by atoms with Crippen LogP contribution in [-0.2, 0) is 4.79 Å².